The monoisotopic (exact) mass is 404 g/mol. The Morgan fingerprint density at radius 2 is 2.11 bits per heavy atom. The molecule has 0 radical (unpaired) electrons. The summed E-state index contributed by atoms with van der Waals surface area (Å²) in [6.07, 6.45) is 1.49. The van der Waals surface area contributed by atoms with Crippen molar-refractivity contribution in [3.8, 4) is 11.4 Å². The first kappa shape index (κ1) is 18.8. The summed E-state index contributed by atoms with van der Waals surface area (Å²) in [5.74, 6) is -0.0527. The van der Waals surface area contributed by atoms with Gasteiger partial charge in [-0.2, -0.15) is 5.10 Å². The molecule has 0 fully saturated rings. The van der Waals surface area contributed by atoms with E-state index in [1.54, 1.807) is 19.1 Å². The average Bonchev–Trinajstić information content (AvgIpc) is 3.20. The van der Waals surface area contributed by atoms with Crippen molar-refractivity contribution in [2.24, 2.45) is 5.10 Å². The van der Waals surface area contributed by atoms with Crippen molar-refractivity contribution < 1.29 is 9.53 Å². The second-order valence-electron chi connectivity index (χ2n) is 5.40. The van der Waals surface area contributed by atoms with E-state index in [-0.39, 0.29) is 6.61 Å². The third-order valence-electron chi connectivity index (χ3n) is 3.48. The third kappa shape index (κ3) is 5.02. The van der Waals surface area contributed by atoms with Crippen LogP contribution < -0.4 is 10.2 Å². The maximum Gasteiger partial charge on any atom is 0.277 e. The van der Waals surface area contributed by atoms with Gasteiger partial charge in [0.15, 0.2) is 6.61 Å². The van der Waals surface area contributed by atoms with Crippen molar-refractivity contribution in [3.05, 3.63) is 64.4 Å². The second kappa shape index (κ2) is 8.61. The Morgan fingerprint density at radius 1 is 1.26 bits per heavy atom. The van der Waals surface area contributed by atoms with Crippen molar-refractivity contribution in [1.82, 2.24) is 25.6 Å². The van der Waals surface area contributed by atoms with Crippen LogP contribution in [0.5, 0.6) is 5.75 Å². The molecule has 10 heteroatoms. The number of ether oxygens (including phenoxy) is 1. The smallest absolute Gasteiger partial charge is 0.277 e. The van der Waals surface area contributed by atoms with Crippen LogP contribution in [0.2, 0.25) is 10.0 Å². The lowest BCUT2D eigenvalue weighted by atomic mass is 10.1. The predicted molar refractivity (Wildman–Crippen MR) is 101 cm³/mol. The number of hydrogen-bond acceptors (Lipinski definition) is 6. The molecule has 0 aliphatic heterocycles. The molecule has 0 atom stereocenters. The Morgan fingerprint density at radius 3 is 2.85 bits per heavy atom. The van der Waals surface area contributed by atoms with Crippen LogP contribution in [0.1, 0.15) is 12.5 Å². The van der Waals surface area contributed by atoms with Gasteiger partial charge in [0.1, 0.15) is 12.1 Å². The minimum atomic E-state index is -0.419. The van der Waals surface area contributed by atoms with Crippen molar-refractivity contribution >= 4 is 34.8 Å². The first-order valence-electron chi connectivity index (χ1n) is 7.78. The zero-order valence-electron chi connectivity index (χ0n) is 14.1. The summed E-state index contributed by atoms with van der Waals surface area (Å²) in [6.45, 7) is 1.54. The van der Waals surface area contributed by atoms with Crippen molar-refractivity contribution in [3.63, 3.8) is 0 Å². The standard InChI is InChI=1S/C17H14Cl2N6O2/c1-11(12-3-2-4-14(7-12)25-10-20-23-24-25)21-22-17(26)9-27-16-6-5-13(18)8-15(16)19/h2-8,10H,9H2,1H3,(H,22,26)/b21-11-. The van der Waals surface area contributed by atoms with Crippen LogP contribution in [0, 0.1) is 0 Å². The summed E-state index contributed by atoms with van der Waals surface area (Å²) in [5, 5.41) is 15.9. The van der Waals surface area contributed by atoms with Crippen molar-refractivity contribution in [2.45, 2.75) is 6.92 Å². The highest BCUT2D eigenvalue weighted by molar-refractivity contribution is 6.35. The molecule has 1 aromatic heterocycles. The number of rotatable bonds is 6. The molecule has 27 heavy (non-hydrogen) atoms. The number of nitrogens with zero attached hydrogens (tertiary/aromatic N) is 5. The van der Waals surface area contributed by atoms with Gasteiger partial charge in [0, 0.05) is 5.02 Å². The minimum absolute atomic E-state index is 0.233. The summed E-state index contributed by atoms with van der Waals surface area (Å²) < 4.78 is 6.89. The van der Waals surface area contributed by atoms with E-state index in [2.05, 4.69) is 26.1 Å². The predicted octanol–water partition coefficient (Wildman–Crippen LogP) is 2.89. The SMILES string of the molecule is C/C(=N/NC(=O)COc1ccc(Cl)cc1Cl)c1cccc(-n2cnnn2)c1. The van der Waals surface area contributed by atoms with Gasteiger partial charge in [0.2, 0.25) is 0 Å². The highest BCUT2D eigenvalue weighted by Gasteiger charge is 2.07. The molecule has 0 spiro atoms. The molecule has 1 amide bonds. The quantitative estimate of drug-likeness (QED) is 0.503. The topological polar surface area (TPSA) is 94.3 Å². The molecule has 0 unspecified atom stereocenters. The Labute approximate surface area is 164 Å². The number of benzene rings is 2. The van der Waals surface area contributed by atoms with E-state index >= 15 is 0 Å². The Bertz CT molecular complexity index is 975. The number of hydrazone groups is 1. The molecular formula is C17H14Cl2N6O2. The van der Waals surface area contributed by atoms with Gasteiger partial charge < -0.3 is 4.74 Å². The zero-order valence-corrected chi connectivity index (χ0v) is 15.6. The van der Waals surface area contributed by atoms with E-state index in [0.717, 1.165) is 11.3 Å². The normalized spacial score (nSPS) is 11.3. The van der Waals surface area contributed by atoms with E-state index in [9.17, 15) is 4.79 Å². The molecule has 0 aliphatic rings. The fourth-order valence-electron chi connectivity index (χ4n) is 2.13. The van der Waals surface area contributed by atoms with E-state index in [1.807, 2.05) is 24.3 Å². The number of nitrogens with one attached hydrogen (secondary N) is 1. The molecule has 3 rings (SSSR count). The fourth-order valence-corrected chi connectivity index (χ4v) is 2.59. The average molecular weight is 405 g/mol. The molecule has 1 heterocycles. The van der Waals surface area contributed by atoms with E-state index < -0.39 is 5.91 Å². The summed E-state index contributed by atoms with van der Waals surface area (Å²) in [5.41, 5.74) is 4.64. The number of tetrazole rings is 1. The number of aromatic nitrogens is 4. The van der Waals surface area contributed by atoms with Gasteiger partial charge in [-0.3, -0.25) is 4.79 Å². The maximum atomic E-state index is 11.9. The number of halogens is 2. The first-order valence-corrected chi connectivity index (χ1v) is 8.53. The van der Waals surface area contributed by atoms with Crippen LogP contribution in [-0.2, 0) is 4.79 Å². The van der Waals surface area contributed by atoms with Gasteiger partial charge in [-0.15, -0.1) is 5.10 Å². The number of carbonyl (C=O) groups is 1. The number of carbonyl (C=O) groups excluding carboxylic acids is 1. The Hall–Kier alpha value is -2.97. The molecule has 3 aromatic rings. The minimum Gasteiger partial charge on any atom is -0.482 e. The van der Waals surface area contributed by atoms with Gasteiger partial charge in [0.05, 0.1) is 16.4 Å². The lowest BCUT2D eigenvalue weighted by Crippen LogP contribution is -2.25. The molecule has 0 saturated heterocycles. The lowest BCUT2D eigenvalue weighted by Gasteiger charge is -2.08. The van der Waals surface area contributed by atoms with Crippen LogP contribution in [-0.4, -0.2) is 38.4 Å². The molecule has 0 saturated carbocycles. The summed E-state index contributed by atoms with van der Waals surface area (Å²) in [7, 11) is 0. The van der Waals surface area contributed by atoms with Crippen LogP contribution >= 0.6 is 23.2 Å². The molecule has 1 N–H and O–H groups in total. The molecular weight excluding hydrogens is 391 g/mol. The van der Waals surface area contributed by atoms with E-state index in [4.69, 9.17) is 27.9 Å². The van der Waals surface area contributed by atoms with Gasteiger partial charge in [-0.1, -0.05) is 35.3 Å². The van der Waals surface area contributed by atoms with Gasteiger partial charge in [0.25, 0.3) is 5.91 Å². The largest absolute Gasteiger partial charge is 0.482 e. The van der Waals surface area contributed by atoms with Gasteiger partial charge >= 0.3 is 0 Å². The van der Waals surface area contributed by atoms with Gasteiger partial charge in [-0.05, 0) is 53.2 Å². The van der Waals surface area contributed by atoms with Crippen LogP contribution in [0.25, 0.3) is 5.69 Å². The fraction of sp³-hybridized carbons (Fsp3) is 0.118. The molecule has 138 valence electrons. The summed E-state index contributed by atoms with van der Waals surface area (Å²) >= 11 is 11.8. The van der Waals surface area contributed by atoms with E-state index in [1.165, 1.54) is 17.1 Å². The highest BCUT2D eigenvalue weighted by Crippen LogP contribution is 2.27. The van der Waals surface area contributed by atoms with Crippen molar-refractivity contribution in [1.29, 1.82) is 0 Å². The lowest BCUT2D eigenvalue weighted by molar-refractivity contribution is -0.123. The van der Waals surface area contributed by atoms with Crippen LogP contribution in [0.4, 0.5) is 0 Å². The Kier molecular flexibility index (Phi) is 6.00. The van der Waals surface area contributed by atoms with Crippen LogP contribution in [0.15, 0.2) is 53.9 Å². The summed E-state index contributed by atoms with van der Waals surface area (Å²) in [4.78, 5) is 11.9. The highest BCUT2D eigenvalue weighted by atomic mass is 35.5. The Balaban J connectivity index is 1.60. The molecule has 0 aliphatic carbocycles. The third-order valence-corrected chi connectivity index (χ3v) is 4.01. The maximum absolute atomic E-state index is 11.9. The second-order valence-corrected chi connectivity index (χ2v) is 6.24. The summed E-state index contributed by atoms with van der Waals surface area (Å²) in [6, 6.07) is 12.2. The van der Waals surface area contributed by atoms with E-state index in [0.29, 0.717) is 21.5 Å². The zero-order chi connectivity index (χ0) is 19.2. The first-order chi connectivity index (χ1) is 13.0. The van der Waals surface area contributed by atoms with Crippen molar-refractivity contribution in [2.75, 3.05) is 6.61 Å². The number of hydrogen-bond donors (Lipinski definition) is 1. The molecule has 2 aromatic carbocycles. The van der Waals surface area contributed by atoms with Gasteiger partial charge in [-0.25, -0.2) is 10.1 Å². The van der Waals surface area contributed by atoms with Crippen LogP contribution in [0.3, 0.4) is 0 Å². The molecule has 8 nitrogen and oxygen atoms in total. The number of amides is 1. The molecule has 0 bridgehead atoms.